The molecule has 1 aliphatic heterocycles. The Morgan fingerprint density at radius 3 is 2.39 bits per heavy atom. The predicted octanol–water partition coefficient (Wildman–Crippen LogP) is 3.09. The molecule has 146 valence electrons. The number of benzene rings is 2. The van der Waals surface area contributed by atoms with Crippen molar-refractivity contribution in [3.8, 4) is 0 Å². The monoisotopic (exact) mass is 383 g/mol. The van der Waals surface area contributed by atoms with E-state index in [2.05, 4.69) is 0 Å². The van der Waals surface area contributed by atoms with Crippen LogP contribution in [0.4, 0.5) is 11.4 Å². The molecule has 2 aromatic carbocycles. The summed E-state index contributed by atoms with van der Waals surface area (Å²) in [6, 6.07) is 12.4. The van der Waals surface area contributed by atoms with Gasteiger partial charge in [0, 0.05) is 24.7 Å². The van der Waals surface area contributed by atoms with Crippen LogP contribution in [0.25, 0.3) is 0 Å². The minimum absolute atomic E-state index is 0.0340. The van der Waals surface area contributed by atoms with Gasteiger partial charge in [-0.15, -0.1) is 0 Å². The number of esters is 1. The Hall–Kier alpha value is -3.42. The number of nitro groups is 1. The third-order valence-electron chi connectivity index (χ3n) is 4.68. The van der Waals surface area contributed by atoms with Crippen LogP contribution < -0.4 is 5.73 Å². The van der Waals surface area contributed by atoms with E-state index in [9.17, 15) is 19.7 Å². The lowest BCUT2D eigenvalue weighted by molar-refractivity contribution is -0.383. The molecule has 1 heterocycles. The number of piperidine rings is 1. The number of hydrogen-bond donors (Lipinski definition) is 1. The molecular weight excluding hydrogens is 362 g/mol. The zero-order valence-corrected chi connectivity index (χ0v) is 15.2. The fourth-order valence-electron chi connectivity index (χ4n) is 3.17. The van der Waals surface area contributed by atoms with Crippen LogP contribution >= 0.6 is 0 Å². The second-order valence-corrected chi connectivity index (χ2v) is 6.61. The van der Waals surface area contributed by atoms with Gasteiger partial charge in [0.25, 0.3) is 11.6 Å². The van der Waals surface area contributed by atoms with Gasteiger partial charge in [-0.2, -0.15) is 0 Å². The van der Waals surface area contributed by atoms with E-state index in [1.54, 1.807) is 35.2 Å². The van der Waals surface area contributed by atoms with Crippen molar-refractivity contribution < 1.29 is 19.2 Å². The first-order chi connectivity index (χ1) is 13.5. The summed E-state index contributed by atoms with van der Waals surface area (Å²) in [5.74, 6) is -1.11. The molecule has 0 radical (unpaired) electrons. The molecule has 0 unspecified atom stereocenters. The number of nitrogens with zero attached hydrogens (tertiary/aromatic N) is 2. The van der Waals surface area contributed by atoms with Gasteiger partial charge in [-0.05, 0) is 31.4 Å². The van der Waals surface area contributed by atoms with Gasteiger partial charge in [-0.25, -0.2) is 4.79 Å². The summed E-state index contributed by atoms with van der Waals surface area (Å²) in [5.41, 5.74) is 5.66. The molecule has 8 heteroatoms. The number of nitro benzene ring substituents is 1. The van der Waals surface area contributed by atoms with Gasteiger partial charge in [0.15, 0.2) is 0 Å². The SMILES string of the molecule is Nc1ccc(C(=O)O[C@H](C(=O)N2CCCCC2)c2ccccc2)cc1[N+](=O)[O-]. The highest BCUT2D eigenvalue weighted by molar-refractivity contribution is 5.94. The molecule has 28 heavy (non-hydrogen) atoms. The molecule has 1 aliphatic rings. The minimum atomic E-state index is -1.11. The van der Waals surface area contributed by atoms with E-state index < -0.39 is 17.0 Å². The van der Waals surface area contributed by atoms with Gasteiger partial charge < -0.3 is 15.4 Å². The van der Waals surface area contributed by atoms with Crippen molar-refractivity contribution in [3.05, 3.63) is 69.8 Å². The van der Waals surface area contributed by atoms with Crippen LogP contribution in [-0.2, 0) is 9.53 Å². The lowest BCUT2D eigenvalue weighted by Crippen LogP contribution is -2.40. The van der Waals surface area contributed by atoms with Crippen molar-refractivity contribution in [3.63, 3.8) is 0 Å². The molecule has 8 nitrogen and oxygen atoms in total. The Labute approximate surface area is 162 Å². The summed E-state index contributed by atoms with van der Waals surface area (Å²) in [6.45, 7) is 1.24. The highest BCUT2D eigenvalue weighted by atomic mass is 16.6. The summed E-state index contributed by atoms with van der Waals surface area (Å²) in [7, 11) is 0. The summed E-state index contributed by atoms with van der Waals surface area (Å²) < 4.78 is 5.52. The Kier molecular flexibility index (Phi) is 5.88. The number of likely N-dealkylation sites (tertiary alicyclic amines) is 1. The van der Waals surface area contributed by atoms with Crippen molar-refractivity contribution in [2.75, 3.05) is 18.8 Å². The van der Waals surface area contributed by atoms with Gasteiger partial charge >= 0.3 is 5.97 Å². The zero-order chi connectivity index (χ0) is 20.1. The minimum Gasteiger partial charge on any atom is -0.444 e. The maximum Gasteiger partial charge on any atom is 0.339 e. The van der Waals surface area contributed by atoms with Gasteiger partial charge in [0.1, 0.15) is 5.69 Å². The van der Waals surface area contributed by atoms with E-state index in [0.717, 1.165) is 25.3 Å². The zero-order valence-electron chi connectivity index (χ0n) is 15.2. The van der Waals surface area contributed by atoms with Crippen molar-refractivity contribution >= 4 is 23.3 Å². The standard InChI is InChI=1S/C20H21N3O5/c21-16-10-9-15(13-17(16)23(26)27)20(25)28-18(14-7-3-1-4-8-14)19(24)22-11-5-2-6-12-22/h1,3-4,7-10,13,18H,2,5-6,11-12,21H2/t18-/m0/s1. The van der Waals surface area contributed by atoms with E-state index >= 15 is 0 Å². The summed E-state index contributed by atoms with van der Waals surface area (Å²) in [5, 5.41) is 11.1. The quantitative estimate of drug-likeness (QED) is 0.367. The Bertz CT molecular complexity index is 879. The molecule has 2 aromatic rings. The van der Waals surface area contributed by atoms with E-state index in [4.69, 9.17) is 10.5 Å². The second kappa shape index (κ2) is 8.51. The second-order valence-electron chi connectivity index (χ2n) is 6.61. The summed E-state index contributed by atoms with van der Waals surface area (Å²) in [6.07, 6.45) is 1.77. The third kappa shape index (κ3) is 4.28. The van der Waals surface area contributed by atoms with Crippen molar-refractivity contribution in [1.82, 2.24) is 4.90 Å². The third-order valence-corrected chi connectivity index (χ3v) is 4.68. The first-order valence-corrected chi connectivity index (χ1v) is 9.06. The Morgan fingerprint density at radius 2 is 1.75 bits per heavy atom. The molecule has 0 saturated carbocycles. The average Bonchev–Trinajstić information content (AvgIpc) is 2.72. The molecule has 0 aromatic heterocycles. The molecule has 0 aliphatic carbocycles. The largest absolute Gasteiger partial charge is 0.444 e. The molecule has 1 atom stereocenters. The number of nitrogen functional groups attached to an aromatic ring is 1. The first-order valence-electron chi connectivity index (χ1n) is 9.06. The van der Waals surface area contributed by atoms with Crippen molar-refractivity contribution in [1.29, 1.82) is 0 Å². The van der Waals surface area contributed by atoms with Crippen LogP contribution in [0.1, 0.15) is 41.3 Å². The van der Waals surface area contributed by atoms with Crippen LogP contribution in [0.15, 0.2) is 48.5 Å². The molecule has 1 saturated heterocycles. The number of amides is 1. The van der Waals surface area contributed by atoms with Crippen LogP contribution in [0, 0.1) is 10.1 Å². The van der Waals surface area contributed by atoms with Gasteiger partial charge in [0.05, 0.1) is 10.5 Å². The van der Waals surface area contributed by atoms with Crippen LogP contribution in [0.5, 0.6) is 0 Å². The maximum absolute atomic E-state index is 13.0. The predicted molar refractivity (Wildman–Crippen MR) is 103 cm³/mol. The van der Waals surface area contributed by atoms with E-state index in [1.165, 1.54) is 12.1 Å². The summed E-state index contributed by atoms with van der Waals surface area (Å²) >= 11 is 0. The molecule has 3 rings (SSSR count). The Morgan fingerprint density at radius 1 is 1.07 bits per heavy atom. The number of rotatable bonds is 5. The molecular formula is C20H21N3O5. The summed E-state index contributed by atoms with van der Waals surface area (Å²) in [4.78, 5) is 37.8. The van der Waals surface area contributed by atoms with Crippen molar-refractivity contribution in [2.24, 2.45) is 0 Å². The van der Waals surface area contributed by atoms with E-state index in [-0.39, 0.29) is 22.8 Å². The lowest BCUT2D eigenvalue weighted by atomic mass is 10.1. The molecule has 0 spiro atoms. The van der Waals surface area contributed by atoms with Crippen LogP contribution in [0.3, 0.4) is 0 Å². The normalized spacial score (nSPS) is 14.9. The van der Waals surface area contributed by atoms with E-state index in [1.807, 2.05) is 0 Å². The number of carbonyl (C=O) groups is 2. The van der Waals surface area contributed by atoms with E-state index in [0.29, 0.717) is 18.7 Å². The topological polar surface area (TPSA) is 116 Å². The number of hydrogen-bond acceptors (Lipinski definition) is 6. The lowest BCUT2D eigenvalue weighted by Gasteiger charge is -2.30. The maximum atomic E-state index is 13.0. The highest BCUT2D eigenvalue weighted by Gasteiger charge is 2.31. The molecule has 1 fully saturated rings. The fraction of sp³-hybridized carbons (Fsp3) is 0.300. The molecule has 0 bridgehead atoms. The highest BCUT2D eigenvalue weighted by Crippen LogP contribution is 2.26. The number of ether oxygens (including phenoxy) is 1. The van der Waals surface area contributed by atoms with Gasteiger partial charge in [0.2, 0.25) is 6.10 Å². The van der Waals surface area contributed by atoms with Gasteiger partial charge in [-0.3, -0.25) is 14.9 Å². The number of anilines is 1. The van der Waals surface area contributed by atoms with Crippen LogP contribution in [0.2, 0.25) is 0 Å². The van der Waals surface area contributed by atoms with Crippen LogP contribution in [-0.4, -0.2) is 34.8 Å². The fourth-order valence-corrected chi connectivity index (χ4v) is 3.17. The first kappa shape index (κ1) is 19.3. The smallest absolute Gasteiger partial charge is 0.339 e. The Balaban J connectivity index is 1.87. The average molecular weight is 383 g/mol. The number of carbonyl (C=O) groups excluding carboxylic acids is 2. The molecule has 2 N–H and O–H groups in total. The van der Waals surface area contributed by atoms with Crippen molar-refractivity contribution in [2.45, 2.75) is 25.4 Å². The van der Waals surface area contributed by atoms with Gasteiger partial charge in [-0.1, -0.05) is 30.3 Å². The number of nitrogens with two attached hydrogens (primary N) is 1. The molecule has 1 amide bonds.